The predicted octanol–water partition coefficient (Wildman–Crippen LogP) is 2.73. The number of urea groups is 1. The first kappa shape index (κ1) is 20.5. The van der Waals surface area contributed by atoms with Crippen molar-refractivity contribution in [3.8, 4) is 10.4 Å². The topological polar surface area (TPSA) is 96.0 Å². The summed E-state index contributed by atoms with van der Waals surface area (Å²) in [4.78, 5) is 51.9. The maximum Gasteiger partial charge on any atom is 0.341 e. The number of likely N-dealkylation sites (N-methyl/N-ethyl adjacent to an activating group) is 1. The minimum absolute atomic E-state index is 0.0591. The zero-order chi connectivity index (χ0) is 21.1. The molecule has 0 bridgehead atoms. The van der Waals surface area contributed by atoms with E-state index in [2.05, 4.69) is 5.32 Å². The van der Waals surface area contributed by atoms with E-state index in [1.807, 2.05) is 30.3 Å². The number of carbonyl (C=O) groups is 4. The summed E-state index contributed by atoms with van der Waals surface area (Å²) in [6.07, 6.45) is 0. The summed E-state index contributed by atoms with van der Waals surface area (Å²) in [5, 5.41) is 3.01. The van der Waals surface area contributed by atoms with Gasteiger partial charge in [-0.3, -0.25) is 14.5 Å². The number of rotatable bonds is 6. The highest BCUT2D eigenvalue weighted by Gasteiger charge is 2.35. The third-order valence-electron chi connectivity index (χ3n) is 4.45. The Kier molecular flexibility index (Phi) is 5.97. The molecule has 2 aromatic rings. The molecule has 0 atom stereocenters. The van der Waals surface area contributed by atoms with Crippen LogP contribution in [0.4, 0.5) is 9.80 Å². The van der Waals surface area contributed by atoms with Crippen LogP contribution in [0.15, 0.2) is 30.3 Å². The number of imide groups is 1. The van der Waals surface area contributed by atoms with Crippen LogP contribution in [-0.4, -0.2) is 60.4 Å². The standard InChI is InChI=1S/C20H21N3O5S/c1-4-28-19(26)16-12(2)17(13-8-6-5-7-9-13)29-18(16)21-14(24)10-23-15(25)11-22(3)20(23)27/h5-9H,4,10-11H2,1-3H3,(H,21,24). The molecule has 1 aromatic carbocycles. The van der Waals surface area contributed by atoms with Gasteiger partial charge in [-0.2, -0.15) is 0 Å². The zero-order valence-electron chi connectivity index (χ0n) is 16.4. The number of hydrogen-bond donors (Lipinski definition) is 1. The van der Waals surface area contributed by atoms with Crippen molar-refractivity contribution in [3.63, 3.8) is 0 Å². The highest BCUT2D eigenvalue weighted by atomic mass is 32.1. The number of esters is 1. The predicted molar refractivity (Wildman–Crippen MR) is 109 cm³/mol. The van der Waals surface area contributed by atoms with E-state index in [-0.39, 0.29) is 18.7 Å². The minimum Gasteiger partial charge on any atom is -0.462 e. The van der Waals surface area contributed by atoms with Crippen molar-refractivity contribution in [1.82, 2.24) is 9.80 Å². The molecule has 1 aromatic heterocycles. The van der Waals surface area contributed by atoms with E-state index in [4.69, 9.17) is 4.74 Å². The van der Waals surface area contributed by atoms with E-state index in [1.54, 1.807) is 13.8 Å². The number of thiophene rings is 1. The summed E-state index contributed by atoms with van der Waals surface area (Å²) >= 11 is 1.25. The van der Waals surface area contributed by atoms with E-state index >= 15 is 0 Å². The highest BCUT2D eigenvalue weighted by molar-refractivity contribution is 7.20. The number of amides is 4. The van der Waals surface area contributed by atoms with Gasteiger partial charge in [0.1, 0.15) is 18.1 Å². The van der Waals surface area contributed by atoms with Crippen molar-refractivity contribution in [2.75, 3.05) is 32.1 Å². The van der Waals surface area contributed by atoms with Gasteiger partial charge in [0.15, 0.2) is 0 Å². The normalized spacial score (nSPS) is 13.8. The average molecular weight is 415 g/mol. The van der Waals surface area contributed by atoms with E-state index in [9.17, 15) is 19.2 Å². The fourth-order valence-electron chi connectivity index (χ4n) is 3.05. The van der Waals surface area contributed by atoms with Crippen LogP contribution in [0.1, 0.15) is 22.8 Å². The molecule has 0 saturated carbocycles. The Morgan fingerprint density at radius 3 is 2.48 bits per heavy atom. The van der Waals surface area contributed by atoms with Crippen LogP contribution in [0.25, 0.3) is 10.4 Å². The number of nitrogens with one attached hydrogen (secondary N) is 1. The number of benzene rings is 1. The maximum absolute atomic E-state index is 12.5. The Balaban J connectivity index is 1.89. The third kappa shape index (κ3) is 4.14. The van der Waals surface area contributed by atoms with Crippen molar-refractivity contribution >= 4 is 40.2 Å². The monoisotopic (exact) mass is 415 g/mol. The van der Waals surface area contributed by atoms with Crippen LogP contribution in [0.5, 0.6) is 0 Å². The lowest BCUT2D eigenvalue weighted by Gasteiger charge is -2.14. The lowest BCUT2D eigenvalue weighted by Crippen LogP contribution is -2.38. The van der Waals surface area contributed by atoms with Gasteiger partial charge in [0.25, 0.3) is 5.91 Å². The molecule has 1 aliphatic rings. The zero-order valence-corrected chi connectivity index (χ0v) is 17.2. The molecule has 0 unspecified atom stereocenters. The summed E-state index contributed by atoms with van der Waals surface area (Å²) in [5.41, 5.74) is 1.89. The second-order valence-corrected chi connectivity index (χ2v) is 7.53. The second-order valence-electron chi connectivity index (χ2n) is 6.51. The lowest BCUT2D eigenvalue weighted by atomic mass is 10.1. The quantitative estimate of drug-likeness (QED) is 0.578. The molecule has 0 spiro atoms. The van der Waals surface area contributed by atoms with Crippen LogP contribution < -0.4 is 5.32 Å². The van der Waals surface area contributed by atoms with Gasteiger partial charge >= 0.3 is 12.0 Å². The van der Waals surface area contributed by atoms with Gasteiger partial charge in [-0.05, 0) is 25.0 Å². The Morgan fingerprint density at radius 2 is 1.90 bits per heavy atom. The number of hydrogen-bond acceptors (Lipinski definition) is 6. The fraction of sp³-hybridized carbons (Fsp3) is 0.300. The molecule has 152 valence electrons. The number of carbonyl (C=O) groups excluding carboxylic acids is 4. The molecule has 29 heavy (non-hydrogen) atoms. The van der Waals surface area contributed by atoms with E-state index in [0.29, 0.717) is 10.6 Å². The Bertz CT molecular complexity index is 970. The van der Waals surface area contributed by atoms with Crippen LogP contribution >= 0.6 is 11.3 Å². The molecular formula is C20H21N3O5S. The SMILES string of the molecule is CCOC(=O)c1c(NC(=O)CN2C(=O)CN(C)C2=O)sc(-c2ccccc2)c1C. The molecular weight excluding hydrogens is 394 g/mol. The van der Waals surface area contributed by atoms with Gasteiger partial charge in [0.2, 0.25) is 5.91 Å². The Labute approximate surface area is 172 Å². The smallest absolute Gasteiger partial charge is 0.341 e. The summed E-state index contributed by atoms with van der Waals surface area (Å²) in [7, 11) is 1.49. The molecule has 0 radical (unpaired) electrons. The van der Waals surface area contributed by atoms with Crippen molar-refractivity contribution in [2.24, 2.45) is 0 Å². The molecule has 1 fully saturated rings. The molecule has 3 rings (SSSR count). The second kappa shape index (κ2) is 8.44. The fourth-order valence-corrected chi connectivity index (χ4v) is 4.27. The van der Waals surface area contributed by atoms with Crippen molar-refractivity contribution in [1.29, 1.82) is 0 Å². The molecule has 1 saturated heterocycles. The van der Waals surface area contributed by atoms with Gasteiger partial charge in [-0.25, -0.2) is 9.59 Å². The maximum atomic E-state index is 12.5. The first-order valence-corrected chi connectivity index (χ1v) is 9.86. The molecule has 2 heterocycles. The van der Waals surface area contributed by atoms with Gasteiger partial charge < -0.3 is 15.0 Å². The van der Waals surface area contributed by atoms with Gasteiger partial charge in [-0.1, -0.05) is 30.3 Å². The summed E-state index contributed by atoms with van der Waals surface area (Å²) in [6.45, 7) is 3.23. The first-order valence-electron chi connectivity index (χ1n) is 9.04. The van der Waals surface area contributed by atoms with Crippen LogP contribution in [0.2, 0.25) is 0 Å². The van der Waals surface area contributed by atoms with Crippen molar-refractivity contribution in [2.45, 2.75) is 13.8 Å². The van der Waals surface area contributed by atoms with Crippen LogP contribution in [0.3, 0.4) is 0 Å². The Hall–Kier alpha value is -3.20. The van der Waals surface area contributed by atoms with E-state index in [1.165, 1.54) is 23.3 Å². The van der Waals surface area contributed by atoms with Gasteiger partial charge in [0.05, 0.1) is 12.2 Å². The van der Waals surface area contributed by atoms with E-state index < -0.39 is 30.4 Å². The molecule has 1 N–H and O–H groups in total. The Morgan fingerprint density at radius 1 is 1.21 bits per heavy atom. The number of nitrogens with zero attached hydrogens (tertiary/aromatic N) is 2. The van der Waals surface area contributed by atoms with Crippen molar-refractivity contribution < 1.29 is 23.9 Å². The average Bonchev–Trinajstić information content (AvgIpc) is 3.13. The molecule has 9 heteroatoms. The lowest BCUT2D eigenvalue weighted by molar-refractivity contribution is -0.129. The van der Waals surface area contributed by atoms with E-state index in [0.717, 1.165) is 15.3 Å². The minimum atomic E-state index is -0.562. The van der Waals surface area contributed by atoms with Crippen molar-refractivity contribution in [3.05, 3.63) is 41.5 Å². The highest BCUT2D eigenvalue weighted by Crippen LogP contribution is 2.40. The van der Waals surface area contributed by atoms with Gasteiger partial charge in [-0.15, -0.1) is 11.3 Å². The molecule has 4 amide bonds. The summed E-state index contributed by atoms with van der Waals surface area (Å²) < 4.78 is 5.15. The molecule has 0 aliphatic carbocycles. The molecule has 8 nitrogen and oxygen atoms in total. The van der Waals surface area contributed by atoms with Crippen LogP contribution in [-0.2, 0) is 14.3 Å². The van der Waals surface area contributed by atoms with Gasteiger partial charge in [0, 0.05) is 11.9 Å². The number of anilines is 1. The number of ether oxygens (including phenoxy) is 1. The molecule has 1 aliphatic heterocycles. The summed E-state index contributed by atoms with van der Waals surface area (Å²) in [6, 6.07) is 8.97. The van der Waals surface area contributed by atoms with Crippen LogP contribution in [0, 0.1) is 6.92 Å². The summed E-state index contributed by atoms with van der Waals surface area (Å²) in [5.74, 6) is -1.54. The third-order valence-corrected chi connectivity index (χ3v) is 5.70. The first-order chi connectivity index (χ1) is 13.8. The largest absolute Gasteiger partial charge is 0.462 e.